The fourth-order valence-corrected chi connectivity index (χ4v) is 12.5. The molecule has 3 fully saturated rings. The van der Waals surface area contributed by atoms with Crippen molar-refractivity contribution in [2.45, 2.75) is 210 Å². The number of aliphatic hydroxyl groups is 5. The molecular formula is C52H87FN6O14S. The fraction of sp³-hybridized carbons (Fsp3) is 0.827. The number of rotatable bonds is 17. The van der Waals surface area contributed by atoms with Gasteiger partial charge in [-0.05, 0) is 99.1 Å². The molecule has 4 heterocycles. The highest BCUT2D eigenvalue weighted by molar-refractivity contribution is 7.99. The molecule has 0 spiro atoms. The van der Waals surface area contributed by atoms with E-state index < -0.39 is 131 Å². The molecule has 3 aliphatic rings. The second-order valence-corrected chi connectivity index (χ2v) is 23.5. The van der Waals surface area contributed by atoms with Crippen LogP contribution in [0.4, 0.5) is 10.1 Å². The summed E-state index contributed by atoms with van der Waals surface area (Å²) in [5.74, 6) is -2.25. The number of aliphatic hydroxyl groups excluding tert-OH is 3. The van der Waals surface area contributed by atoms with Gasteiger partial charge in [-0.25, -0.2) is 9.07 Å². The molecule has 0 unspecified atom stereocenters. The molecule has 0 bridgehead atoms. The molecule has 5 rings (SSSR count). The maximum absolute atomic E-state index is 14.9. The molecule has 20 atom stereocenters. The number of cyclic esters (lactones) is 1. The molecule has 0 aliphatic carbocycles. The minimum absolute atomic E-state index is 0.0543. The summed E-state index contributed by atoms with van der Waals surface area (Å²) in [5.41, 5.74) is -3.35. The maximum atomic E-state index is 14.9. The average Bonchev–Trinajstić information content (AvgIpc) is 3.82. The van der Waals surface area contributed by atoms with Crippen LogP contribution in [0, 0.1) is 27.9 Å². The first-order valence-corrected chi connectivity index (χ1v) is 27.3. The minimum atomic E-state index is -1.86. The number of thioether (sulfide) groups is 1. The molecule has 3 saturated heterocycles. The third-order valence-electron chi connectivity index (χ3n) is 16.0. The van der Waals surface area contributed by atoms with Crippen LogP contribution < -0.4 is 0 Å². The number of methoxy groups -OCH3 is 1. The lowest BCUT2D eigenvalue weighted by atomic mass is 9.77. The number of nitro benzene ring substituents is 1. The number of alkyl halides is 1. The zero-order chi connectivity index (χ0) is 55.2. The predicted molar refractivity (Wildman–Crippen MR) is 276 cm³/mol. The van der Waals surface area contributed by atoms with Crippen molar-refractivity contribution in [2.75, 3.05) is 46.7 Å². The van der Waals surface area contributed by atoms with Crippen LogP contribution in [-0.2, 0) is 39.6 Å². The van der Waals surface area contributed by atoms with Crippen LogP contribution in [0.15, 0.2) is 30.5 Å². The highest BCUT2D eigenvalue weighted by Gasteiger charge is 2.53. The Morgan fingerprint density at radius 3 is 2.27 bits per heavy atom. The SMILES string of the molecule is CCS[C@H](c1ccc([N+](=O)[O-])cc1)[C@@H](CF)n1cc(CCN(C)[C@H]2C[C@@H](C)O[C@@H](O[C@@H]3[C@@H](C)[C@H](O[C@H]4C[C@@](C)(OC)[C@@H](O)[C@H](C)O4)[C@@H](C)C(=O)O[C@H](CC)[C@@](C)(O)[C@H](O)[C@@H](C)N(C)C[C@H](C)C[C@@]3(C)O)[C@@H]2O)nn1. The van der Waals surface area contributed by atoms with Gasteiger partial charge in [0, 0.05) is 69.4 Å². The number of nitro groups is 1. The van der Waals surface area contributed by atoms with Gasteiger partial charge in [0.1, 0.15) is 36.7 Å². The van der Waals surface area contributed by atoms with Crippen LogP contribution >= 0.6 is 11.8 Å². The van der Waals surface area contributed by atoms with Crippen LogP contribution in [0.2, 0.25) is 0 Å². The summed E-state index contributed by atoms with van der Waals surface area (Å²) in [7, 11) is 5.17. The van der Waals surface area contributed by atoms with E-state index in [4.69, 9.17) is 28.4 Å². The molecule has 5 N–H and O–H groups in total. The van der Waals surface area contributed by atoms with Crippen molar-refractivity contribution in [3.63, 3.8) is 0 Å². The molecule has 1 aromatic heterocycles. The third kappa shape index (κ3) is 14.4. The quantitative estimate of drug-likeness (QED) is 0.0792. The Kier molecular flexibility index (Phi) is 21.8. The molecule has 22 heteroatoms. The van der Waals surface area contributed by atoms with Gasteiger partial charge in [0.15, 0.2) is 12.6 Å². The molecule has 422 valence electrons. The van der Waals surface area contributed by atoms with Gasteiger partial charge in [0.25, 0.3) is 5.69 Å². The largest absolute Gasteiger partial charge is 0.459 e. The molecule has 3 aliphatic heterocycles. The number of ether oxygens (including phenoxy) is 6. The Balaban J connectivity index is 1.45. The molecule has 0 saturated carbocycles. The van der Waals surface area contributed by atoms with Crippen LogP contribution in [0.1, 0.15) is 124 Å². The molecule has 74 heavy (non-hydrogen) atoms. The number of aromatic nitrogens is 3. The van der Waals surface area contributed by atoms with E-state index in [9.17, 15) is 44.8 Å². The first-order chi connectivity index (χ1) is 34.6. The van der Waals surface area contributed by atoms with Crippen LogP contribution in [0.5, 0.6) is 0 Å². The number of hydrogen-bond acceptors (Lipinski definition) is 19. The zero-order valence-electron chi connectivity index (χ0n) is 45.9. The number of non-ortho nitro benzene ring substituents is 1. The minimum Gasteiger partial charge on any atom is -0.459 e. The Hall–Kier alpha value is -2.97. The molecule has 0 radical (unpaired) electrons. The van der Waals surface area contributed by atoms with Gasteiger partial charge in [0.2, 0.25) is 0 Å². The number of carbonyl (C=O) groups excluding carboxylic acids is 1. The molecular weight excluding hydrogens is 984 g/mol. The fourth-order valence-electron chi connectivity index (χ4n) is 11.4. The lowest BCUT2D eigenvalue weighted by Crippen LogP contribution is -2.61. The van der Waals surface area contributed by atoms with E-state index in [0.717, 1.165) is 5.56 Å². The van der Waals surface area contributed by atoms with Gasteiger partial charge in [-0.2, -0.15) is 11.8 Å². The smallest absolute Gasteiger partial charge is 0.311 e. The first-order valence-electron chi connectivity index (χ1n) is 26.2. The summed E-state index contributed by atoms with van der Waals surface area (Å²) in [6.07, 6.45) is -7.54. The van der Waals surface area contributed by atoms with E-state index in [1.165, 1.54) is 42.6 Å². The summed E-state index contributed by atoms with van der Waals surface area (Å²) < 4.78 is 54.6. The van der Waals surface area contributed by atoms with E-state index in [0.29, 0.717) is 37.4 Å². The second kappa shape index (κ2) is 26.1. The summed E-state index contributed by atoms with van der Waals surface area (Å²) in [5, 5.41) is 79.4. The summed E-state index contributed by atoms with van der Waals surface area (Å²) in [4.78, 5) is 29.2. The summed E-state index contributed by atoms with van der Waals surface area (Å²) >= 11 is 1.51. The number of halogens is 1. The van der Waals surface area contributed by atoms with Gasteiger partial charge >= 0.3 is 5.97 Å². The Morgan fingerprint density at radius 2 is 1.68 bits per heavy atom. The van der Waals surface area contributed by atoms with Crippen LogP contribution in [-0.4, -0.2) is 198 Å². The number of esters is 1. The van der Waals surface area contributed by atoms with Crippen molar-refractivity contribution in [2.24, 2.45) is 17.8 Å². The van der Waals surface area contributed by atoms with Gasteiger partial charge in [-0.3, -0.25) is 14.9 Å². The van der Waals surface area contributed by atoms with Gasteiger partial charge in [-0.1, -0.05) is 45.0 Å². The van der Waals surface area contributed by atoms with Crippen molar-refractivity contribution in [1.29, 1.82) is 0 Å². The number of likely N-dealkylation sites (N-methyl/N-ethyl adjacent to an activating group) is 2. The van der Waals surface area contributed by atoms with Crippen molar-refractivity contribution >= 4 is 23.4 Å². The second-order valence-electron chi connectivity index (χ2n) is 22.1. The van der Waals surface area contributed by atoms with Crippen LogP contribution in [0.3, 0.4) is 0 Å². The van der Waals surface area contributed by atoms with Crippen LogP contribution in [0.25, 0.3) is 0 Å². The lowest BCUT2D eigenvalue weighted by molar-refractivity contribution is -0.384. The summed E-state index contributed by atoms with van der Waals surface area (Å²) in [6, 6.07) is 4.27. The van der Waals surface area contributed by atoms with Crippen molar-refractivity contribution in [3.8, 4) is 0 Å². The van der Waals surface area contributed by atoms with E-state index in [2.05, 4.69) is 10.3 Å². The molecule has 20 nitrogen and oxygen atoms in total. The highest BCUT2D eigenvalue weighted by atomic mass is 32.2. The Morgan fingerprint density at radius 1 is 1.01 bits per heavy atom. The van der Waals surface area contributed by atoms with Gasteiger partial charge in [-0.15, -0.1) is 5.10 Å². The number of benzene rings is 1. The van der Waals surface area contributed by atoms with Gasteiger partial charge in [0.05, 0.1) is 63.4 Å². The normalized spacial score (nSPS) is 39.2. The monoisotopic (exact) mass is 1070 g/mol. The predicted octanol–water partition coefficient (Wildman–Crippen LogP) is 5.02. The van der Waals surface area contributed by atoms with E-state index >= 15 is 0 Å². The van der Waals surface area contributed by atoms with E-state index in [1.54, 1.807) is 66.8 Å². The first kappa shape index (κ1) is 61.9. The van der Waals surface area contributed by atoms with Crippen molar-refractivity contribution in [1.82, 2.24) is 24.8 Å². The number of carbonyl (C=O) groups is 1. The molecule has 2 aromatic rings. The third-order valence-corrected chi connectivity index (χ3v) is 17.3. The summed E-state index contributed by atoms with van der Waals surface area (Å²) in [6.45, 7) is 19.3. The lowest BCUT2D eigenvalue weighted by Gasteiger charge is -2.49. The molecule has 1 aromatic carbocycles. The topological polar surface area (TPSA) is 254 Å². The van der Waals surface area contributed by atoms with Crippen molar-refractivity contribution < 1.29 is 68.1 Å². The zero-order valence-corrected chi connectivity index (χ0v) is 46.8. The Labute approximate surface area is 441 Å². The highest BCUT2D eigenvalue weighted by Crippen LogP contribution is 2.42. The average molecular weight is 1070 g/mol. The standard InChI is InChI=1S/C52H87FN6O14S/c1-15-40-52(11,65)45(61)33(7)57(13)27-29(3)24-50(9,64)47(31(5)43(32(6)48(63)71-40)72-41-25-51(10,68-14)46(62)34(8)70-41)73-49-42(60)38(23-30(4)69-49)56(12)22-21-36-28-58(55-54-36)39(26-53)44(74-16-2)35-17-19-37(20-18-35)59(66)67/h17-20,28-34,38-47,49,60-62,64-65H,15-16,21-27H2,1-14H3/t29-,30-,31+,32-,33-,34+,38+,39-,40-,41+,42-,43+,44-,45-,46+,47-,49+,50-,51-,52-/m1/s1. The number of hydrogen-bond donors (Lipinski definition) is 5. The van der Waals surface area contributed by atoms with Crippen molar-refractivity contribution in [3.05, 3.63) is 51.8 Å². The van der Waals surface area contributed by atoms with E-state index in [1.807, 2.05) is 44.7 Å². The van der Waals surface area contributed by atoms with Gasteiger partial charge < -0.3 is 63.8 Å². The number of nitrogens with zero attached hydrogens (tertiary/aromatic N) is 6. The van der Waals surface area contributed by atoms with E-state index in [-0.39, 0.29) is 30.9 Å². The Bertz CT molecular complexity index is 2090. The maximum Gasteiger partial charge on any atom is 0.311 e. The molecule has 0 amide bonds.